The van der Waals surface area contributed by atoms with Crippen molar-refractivity contribution in [2.45, 2.75) is 66.1 Å². The number of hydrogen-bond donors (Lipinski definition) is 2. The molecule has 1 aliphatic heterocycles. The number of rotatable bonds is 7. The minimum atomic E-state index is -0.630. The van der Waals surface area contributed by atoms with Crippen LogP contribution in [0.4, 0.5) is 22.0 Å². The summed E-state index contributed by atoms with van der Waals surface area (Å²) in [6, 6.07) is 16.2. The minimum Gasteiger partial charge on any atom is -0.490 e. The number of aromatic nitrogens is 1. The highest BCUT2D eigenvalue weighted by Crippen LogP contribution is 2.32. The zero-order valence-corrected chi connectivity index (χ0v) is 23.8. The van der Waals surface area contributed by atoms with Gasteiger partial charge in [0.05, 0.1) is 23.8 Å². The van der Waals surface area contributed by atoms with Crippen LogP contribution in [0, 0.1) is 6.92 Å². The Kier molecular flexibility index (Phi) is 8.42. The van der Waals surface area contributed by atoms with Crippen molar-refractivity contribution in [1.29, 1.82) is 0 Å². The number of aryl methyl sites for hydroxylation is 1. The van der Waals surface area contributed by atoms with Crippen LogP contribution in [0.25, 0.3) is 0 Å². The second kappa shape index (κ2) is 11.8. The van der Waals surface area contributed by atoms with Gasteiger partial charge in [0, 0.05) is 17.9 Å². The summed E-state index contributed by atoms with van der Waals surface area (Å²) >= 11 is 0. The number of ether oxygens (including phenoxy) is 2. The topological polar surface area (TPSA) is 110 Å². The number of fused-ring (bicyclic) bond motifs is 1. The van der Waals surface area contributed by atoms with Gasteiger partial charge in [0.2, 0.25) is 5.91 Å². The Labute approximate surface area is 234 Å². The van der Waals surface area contributed by atoms with Crippen molar-refractivity contribution in [2.75, 3.05) is 22.1 Å². The van der Waals surface area contributed by atoms with Gasteiger partial charge in [0.25, 0.3) is 5.91 Å². The smallest absolute Gasteiger partial charge is 0.413 e. The normalized spacial score (nSPS) is 12.6. The number of hydrogen-bond acceptors (Lipinski definition) is 6. The molecule has 1 aliphatic rings. The van der Waals surface area contributed by atoms with Gasteiger partial charge in [-0.25, -0.2) is 9.78 Å². The fourth-order valence-electron chi connectivity index (χ4n) is 4.41. The zero-order chi connectivity index (χ0) is 29.0. The Hall–Kier alpha value is -4.40. The van der Waals surface area contributed by atoms with Crippen LogP contribution >= 0.6 is 0 Å². The van der Waals surface area contributed by atoms with E-state index in [2.05, 4.69) is 15.6 Å². The van der Waals surface area contributed by atoms with Crippen LogP contribution in [0.5, 0.6) is 5.75 Å². The lowest BCUT2D eigenvalue weighted by atomic mass is 10.1. The molecule has 1 aromatic heterocycles. The predicted octanol–water partition coefficient (Wildman–Crippen LogP) is 5.91. The third-order valence-corrected chi connectivity index (χ3v) is 6.05. The monoisotopic (exact) mass is 544 g/mol. The Morgan fingerprint density at radius 1 is 1.02 bits per heavy atom. The molecular weight excluding hydrogens is 508 g/mol. The van der Waals surface area contributed by atoms with E-state index in [4.69, 9.17) is 9.47 Å². The van der Waals surface area contributed by atoms with Gasteiger partial charge in [-0.2, -0.15) is 0 Å². The summed E-state index contributed by atoms with van der Waals surface area (Å²) < 4.78 is 11.1. The highest BCUT2D eigenvalue weighted by Gasteiger charge is 2.26. The third-order valence-electron chi connectivity index (χ3n) is 6.05. The highest BCUT2D eigenvalue weighted by atomic mass is 16.6. The van der Waals surface area contributed by atoms with E-state index in [9.17, 15) is 14.4 Å². The maximum atomic E-state index is 13.2. The summed E-state index contributed by atoms with van der Waals surface area (Å²) in [6.07, 6.45) is 0.0834. The molecule has 0 aliphatic carbocycles. The first-order valence-corrected chi connectivity index (χ1v) is 13.4. The highest BCUT2D eigenvalue weighted by molar-refractivity contribution is 6.06. The second-order valence-electron chi connectivity index (χ2n) is 11.1. The molecule has 2 aromatic carbocycles. The van der Waals surface area contributed by atoms with Crippen LogP contribution in [0.1, 0.15) is 61.8 Å². The first kappa shape index (κ1) is 28.6. The molecule has 40 heavy (non-hydrogen) atoms. The summed E-state index contributed by atoms with van der Waals surface area (Å²) in [4.78, 5) is 44.5. The Morgan fingerprint density at radius 2 is 1.80 bits per heavy atom. The van der Waals surface area contributed by atoms with Gasteiger partial charge in [-0.3, -0.25) is 14.9 Å². The van der Waals surface area contributed by atoms with E-state index in [1.165, 1.54) is 0 Å². The molecular formula is C31H36N4O5. The number of pyridine rings is 1. The standard InChI is InChI=1S/C31H36N4O5/c1-19(2)39-26-16-20(3)10-12-24(26)29(37)33-23-11-13-25-21(17-23)14-15-35(25)28(36)18-22-8-7-9-27(32-22)34-30(38)40-31(4,5)6/h7-13,16-17,19H,14-15,18H2,1-6H3,(H,33,37)(H,32,34,38). The average Bonchev–Trinajstić information content (AvgIpc) is 3.26. The van der Waals surface area contributed by atoms with Crippen LogP contribution < -0.4 is 20.3 Å². The van der Waals surface area contributed by atoms with Crippen molar-refractivity contribution < 1.29 is 23.9 Å². The van der Waals surface area contributed by atoms with Crippen molar-refractivity contribution in [3.63, 3.8) is 0 Å². The van der Waals surface area contributed by atoms with E-state index in [-0.39, 0.29) is 24.3 Å². The summed E-state index contributed by atoms with van der Waals surface area (Å²) in [6.45, 7) is 11.7. The van der Waals surface area contributed by atoms with Crippen molar-refractivity contribution in [3.8, 4) is 5.75 Å². The number of benzene rings is 2. The van der Waals surface area contributed by atoms with Gasteiger partial charge in [0.1, 0.15) is 17.2 Å². The molecule has 0 bridgehead atoms. The van der Waals surface area contributed by atoms with Gasteiger partial charge >= 0.3 is 6.09 Å². The molecule has 0 spiro atoms. The fourth-order valence-corrected chi connectivity index (χ4v) is 4.41. The number of amides is 3. The van der Waals surface area contributed by atoms with E-state index >= 15 is 0 Å². The molecule has 0 fully saturated rings. The Morgan fingerprint density at radius 3 is 2.52 bits per heavy atom. The van der Waals surface area contributed by atoms with Crippen molar-refractivity contribution in [2.24, 2.45) is 0 Å². The van der Waals surface area contributed by atoms with E-state index < -0.39 is 11.7 Å². The van der Waals surface area contributed by atoms with E-state index in [0.29, 0.717) is 41.5 Å². The summed E-state index contributed by atoms with van der Waals surface area (Å²) in [5.41, 5.74) is 3.82. The third kappa shape index (κ3) is 7.37. The van der Waals surface area contributed by atoms with Crippen molar-refractivity contribution >= 4 is 35.1 Å². The van der Waals surface area contributed by atoms with Crippen LogP contribution in [-0.4, -0.2) is 41.1 Å². The summed E-state index contributed by atoms with van der Waals surface area (Å²) in [7, 11) is 0. The lowest BCUT2D eigenvalue weighted by molar-refractivity contribution is -0.117. The second-order valence-corrected chi connectivity index (χ2v) is 11.1. The molecule has 2 N–H and O–H groups in total. The SMILES string of the molecule is Cc1ccc(C(=O)Nc2ccc3c(c2)CCN3C(=O)Cc2cccc(NC(=O)OC(C)(C)C)n2)c(OC(C)C)c1. The average molecular weight is 545 g/mol. The molecule has 0 saturated carbocycles. The summed E-state index contributed by atoms with van der Waals surface area (Å²) in [5.74, 6) is 0.502. The molecule has 9 nitrogen and oxygen atoms in total. The Bertz CT molecular complexity index is 1430. The first-order chi connectivity index (χ1) is 18.9. The first-order valence-electron chi connectivity index (χ1n) is 13.4. The van der Waals surface area contributed by atoms with Gasteiger partial charge in [-0.1, -0.05) is 12.1 Å². The van der Waals surface area contributed by atoms with Crippen LogP contribution in [-0.2, 0) is 22.4 Å². The van der Waals surface area contributed by atoms with E-state index in [1.54, 1.807) is 56.0 Å². The zero-order valence-electron chi connectivity index (χ0n) is 23.8. The van der Waals surface area contributed by atoms with Gasteiger partial charge < -0.3 is 19.7 Å². The number of carbonyl (C=O) groups excluding carboxylic acids is 3. The van der Waals surface area contributed by atoms with Crippen LogP contribution in [0.3, 0.4) is 0 Å². The minimum absolute atomic E-state index is 0.0595. The van der Waals surface area contributed by atoms with Crippen molar-refractivity contribution in [3.05, 3.63) is 77.0 Å². The molecule has 210 valence electrons. The maximum absolute atomic E-state index is 13.2. The molecule has 9 heteroatoms. The molecule has 0 atom stereocenters. The fraction of sp³-hybridized carbons (Fsp3) is 0.355. The quantitative estimate of drug-likeness (QED) is 0.383. The predicted molar refractivity (Wildman–Crippen MR) is 155 cm³/mol. The van der Waals surface area contributed by atoms with E-state index in [1.807, 2.05) is 45.0 Å². The van der Waals surface area contributed by atoms with Gasteiger partial charge in [-0.05, 0) is 102 Å². The lowest BCUT2D eigenvalue weighted by Gasteiger charge is -2.20. The summed E-state index contributed by atoms with van der Waals surface area (Å²) in [5, 5.41) is 5.57. The number of nitrogens with zero attached hydrogens (tertiary/aromatic N) is 2. The number of anilines is 3. The number of nitrogens with one attached hydrogen (secondary N) is 2. The van der Waals surface area contributed by atoms with Gasteiger partial charge in [-0.15, -0.1) is 0 Å². The molecule has 4 rings (SSSR count). The maximum Gasteiger partial charge on any atom is 0.413 e. The number of carbonyl (C=O) groups is 3. The molecule has 0 radical (unpaired) electrons. The Balaban J connectivity index is 1.42. The molecule has 3 aromatic rings. The van der Waals surface area contributed by atoms with Crippen molar-refractivity contribution in [1.82, 2.24) is 4.98 Å². The molecule has 3 amide bonds. The van der Waals surface area contributed by atoms with E-state index in [0.717, 1.165) is 16.8 Å². The largest absolute Gasteiger partial charge is 0.490 e. The van der Waals surface area contributed by atoms with Crippen LogP contribution in [0.2, 0.25) is 0 Å². The van der Waals surface area contributed by atoms with Gasteiger partial charge in [0.15, 0.2) is 0 Å². The van der Waals surface area contributed by atoms with Crippen LogP contribution in [0.15, 0.2) is 54.6 Å². The molecule has 0 saturated heterocycles. The molecule has 0 unspecified atom stereocenters. The lowest BCUT2D eigenvalue weighted by Crippen LogP contribution is -2.30. The molecule has 2 heterocycles.